The Labute approximate surface area is 132 Å². The second-order valence-electron chi connectivity index (χ2n) is 6.07. The summed E-state index contributed by atoms with van der Waals surface area (Å²) in [6.45, 7) is 4.21. The van der Waals surface area contributed by atoms with Crippen LogP contribution in [0.15, 0.2) is 29.3 Å². The molecule has 1 saturated carbocycles. The Bertz CT molecular complexity index is 495. The molecule has 0 heterocycles. The second kappa shape index (κ2) is 8.13. The van der Waals surface area contributed by atoms with Gasteiger partial charge in [-0.3, -0.25) is 0 Å². The maximum atomic E-state index is 13.2. The van der Waals surface area contributed by atoms with Gasteiger partial charge in [0.05, 0.1) is 6.54 Å². The van der Waals surface area contributed by atoms with Gasteiger partial charge in [-0.1, -0.05) is 12.1 Å². The van der Waals surface area contributed by atoms with Crippen molar-refractivity contribution in [3.8, 4) is 0 Å². The van der Waals surface area contributed by atoms with Crippen molar-refractivity contribution in [3.05, 3.63) is 35.6 Å². The predicted octanol–water partition coefficient (Wildman–Crippen LogP) is 2.22. The molecule has 2 N–H and O–H groups in total. The molecule has 122 valence electrons. The fourth-order valence-electron chi connectivity index (χ4n) is 2.60. The van der Waals surface area contributed by atoms with Crippen LogP contribution in [0.25, 0.3) is 0 Å². The van der Waals surface area contributed by atoms with Crippen LogP contribution in [-0.4, -0.2) is 44.1 Å². The number of nitrogens with one attached hydrogen (secondary N) is 2. The smallest absolute Gasteiger partial charge is 0.191 e. The van der Waals surface area contributed by atoms with Crippen molar-refractivity contribution in [2.45, 2.75) is 32.4 Å². The first kappa shape index (κ1) is 16.7. The largest absolute Gasteiger partial charge is 0.357 e. The first-order valence-electron chi connectivity index (χ1n) is 8.03. The summed E-state index contributed by atoms with van der Waals surface area (Å²) in [4.78, 5) is 6.82. The number of halogens is 1. The van der Waals surface area contributed by atoms with Crippen LogP contribution in [0, 0.1) is 11.7 Å². The molecule has 1 aliphatic rings. The highest BCUT2D eigenvalue weighted by molar-refractivity contribution is 5.79. The van der Waals surface area contributed by atoms with E-state index in [0.717, 1.165) is 30.5 Å². The molecule has 4 nitrogen and oxygen atoms in total. The van der Waals surface area contributed by atoms with Crippen LogP contribution in [0.4, 0.5) is 4.39 Å². The molecule has 1 aliphatic carbocycles. The van der Waals surface area contributed by atoms with Gasteiger partial charge >= 0.3 is 0 Å². The minimum atomic E-state index is -0.216. The topological polar surface area (TPSA) is 39.7 Å². The summed E-state index contributed by atoms with van der Waals surface area (Å²) < 4.78 is 13.2. The average molecular weight is 306 g/mol. The zero-order valence-electron chi connectivity index (χ0n) is 13.8. The monoisotopic (exact) mass is 306 g/mol. The van der Waals surface area contributed by atoms with Gasteiger partial charge in [0, 0.05) is 19.1 Å². The molecule has 0 radical (unpaired) electrons. The highest BCUT2D eigenvalue weighted by atomic mass is 19.1. The van der Waals surface area contributed by atoms with Crippen molar-refractivity contribution < 1.29 is 4.39 Å². The molecule has 1 aromatic rings. The lowest BCUT2D eigenvalue weighted by Gasteiger charge is -2.25. The van der Waals surface area contributed by atoms with Gasteiger partial charge < -0.3 is 15.5 Å². The van der Waals surface area contributed by atoms with E-state index in [1.807, 2.05) is 13.0 Å². The van der Waals surface area contributed by atoms with E-state index in [0.29, 0.717) is 12.6 Å². The van der Waals surface area contributed by atoms with Gasteiger partial charge in [0.15, 0.2) is 5.96 Å². The molecular formula is C17H27FN4. The lowest BCUT2D eigenvalue weighted by atomic mass is 10.1. The second-order valence-corrected chi connectivity index (χ2v) is 6.07. The Hall–Kier alpha value is -1.62. The first-order valence-corrected chi connectivity index (χ1v) is 8.03. The molecule has 0 aromatic heterocycles. The Morgan fingerprint density at radius 1 is 1.36 bits per heavy atom. The van der Waals surface area contributed by atoms with Crippen LogP contribution in [0.3, 0.4) is 0 Å². The third-order valence-corrected chi connectivity index (χ3v) is 3.96. The SMILES string of the molecule is CCNC(=NCc1cccc(F)c1)NCC(C1CC1)N(C)C. The zero-order valence-corrected chi connectivity index (χ0v) is 13.8. The summed E-state index contributed by atoms with van der Waals surface area (Å²) in [5, 5.41) is 6.66. The van der Waals surface area contributed by atoms with E-state index in [4.69, 9.17) is 0 Å². The van der Waals surface area contributed by atoms with Crippen molar-refractivity contribution in [1.29, 1.82) is 0 Å². The van der Waals surface area contributed by atoms with E-state index in [2.05, 4.69) is 34.6 Å². The van der Waals surface area contributed by atoms with Gasteiger partial charge in [-0.15, -0.1) is 0 Å². The van der Waals surface area contributed by atoms with E-state index in [9.17, 15) is 4.39 Å². The number of likely N-dealkylation sites (N-methyl/N-ethyl adjacent to an activating group) is 1. The van der Waals surface area contributed by atoms with Crippen LogP contribution >= 0.6 is 0 Å². The number of hydrogen-bond donors (Lipinski definition) is 2. The third kappa shape index (κ3) is 5.30. The number of aliphatic imine (C=N–C) groups is 1. The van der Waals surface area contributed by atoms with Crippen molar-refractivity contribution in [2.24, 2.45) is 10.9 Å². The molecule has 0 bridgehead atoms. The van der Waals surface area contributed by atoms with E-state index in [-0.39, 0.29) is 5.82 Å². The lowest BCUT2D eigenvalue weighted by molar-refractivity contribution is 0.264. The predicted molar refractivity (Wildman–Crippen MR) is 89.4 cm³/mol. The molecule has 1 unspecified atom stereocenters. The molecule has 22 heavy (non-hydrogen) atoms. The van der Waals surface area contributed by atoms with Gasteiger partial charge in [0.25, 0.3) is 0 Å². The van der Waals surface area contributed by atoms with E-state index >= 15 is 0 Å². The van der Waals surface area contributed by atoms with E-state index in [1.165, 1.54) is 25.0 Å². The van der Waals surface area contributed by atoms with Crippen LogP contribution < -0.4 is 10.6 Å². The van der Waals surface area contributed by atoms with Gasteiger partial charge in [-0.25, -0.2) is 9.38 Å². The van der Waals surface area contributed by atoms with Crippen LogP contribution in [0.2, 0.25) is 0 Å². The standard InChI is InChI=1S/C17H27FN4/c1-4-19-17(20-11-13-6-5-7-15(18)10-13)21-12-16(22(2)3)14-8-9-14/h5-7,10,14,16H,4,8-9,11-12H2,1-3H3,(H2,19,20,21). The molecule has 0 aliphatic heterocycles. The Kier molecular flexibility index (Phi) is 6.19. The first-order chi connectivity index (χ1) is 10.6. The number of rotatable bonds is 7. The summed E-state index contributed by atoms with van der Waals surface area (Å²) >= 11 is 0. The average Bonchev–Trinajstić information content (AvgIpc) is 3.29. The van der Waals surface area contributed by atoms with Crippen molar-refractivity contribution in [3.63, 3.8) is 0 Å². The molecule has 0 saturated heterocycles. The van der Waals surface area contributed by atoms with E-state index < -0.39 is 0 Å². The van der Waals surface area contributed by atoms with Gasteiger partial charge in [-0.05, 0) is 57.5 Å². The fourth-order valence-corrected chi connectivity index (χ4v) is 2.60. The molecule has 5 heteroatoms. The molecular weight excluding hydrogens is 279 g/mol. The highest BCUT2D eigenvalue weighted by Crippen LogP contribution is 2.34. The quantitative estimate of drug-likeness (QED) is 0.599. The molecule has 1 atom stereocenters. The van der Waals surface area contributed by atoms with E-state index in [1.54, 1.807) is 6.07 Å². The maximum absolute atomic E-state index is 13.2. The lowest BCUT2D eigenvalue weighted by Crippen LogP contribution is -2.46. The van der Waals surface area contributed by atoms with Crippen LogP contribution in [0.1, 0.15) is 25.3 Å². The normalized spacial score (nSPS) is 16.7. The Morgan fingerprint density at radius 3 is 2.73 bits per heavy atom. The molecule has 2 rings (SSSR count). The summed E-state index contributed by atoms with van der Waals surface area (Å²) in [6, 6.07) is 7.13. The van der Waals surface area contributed by atoms with Crippen molar-refractivity contribution >= 4 is 5.96 Å². The number of hydrogen-bond acceptors (Lipinski definition) is 2. The Morgan fingerprint density at radius 2 is 2.14 bits per heavy atom. The zero-order chi connectivity index (χ0) is 15.9. The van der Waals surface area contributed by atoms with Gasteiger partial charge in [-0.2, -0.15) is 0 Å². The summed E-state index contributed by atoms with van der Waals surface area (Å²) in [5.74, 6) is 1.37. The van der Waals surface area contributed by atoms with Crippen molar-refractivity contribution in [1.82, 2.24) is 15.5 Å². The minimum Gasteiger partial charge on any atom is -0.357 e. The molecule has 1 fully saturated rings. The van der Waals surface area contributed by atoms with Gasteiger partial charge in [0.2, 0.25) is 0 Å². The van der Waals surface area contributed by atoms with Crippen LogP contribution in [-0.2, 0) is 6.54 Å². The number of benzene rings is 1. The summed E-state index contributed by atoms with van der Waals surface area (Å²) in [5.41, 5.74) is 0.878. The highest BCUT2D eigenvalue weighted by Gasteiger charge is 2.32. The van der Waals surface area contributed by atoms with Gasteiger partial charge in [0.1, 0.15) is 5.82 Å². The molecule has 1 aromatic carbocycles. The fraction of sp³-hybridized carbons (Fsp3) is 0.588. The van der Waals surface area contributed by atoms with Crippen LogP contribution in [0.5, 0.6) is 0 Å². The number of nitrogens with zero attached hydrogens (tertiary/aromatic N) is 2. The number of guanidine groups is 1. The Balaban J connectivity index is 1.91. The molecule has 0 spiro atoms. The van der Waals surface area contributed by atoms with Crippen molar-refractivity contribution in [2.75, 3.05) is 27.2 Å². The molecule has 0 amide bonds. The maximum Gasteiger partial charge on any atom is 0.191 e. The summed E-state index contributed by atoms with van der Waals surface area (Å²) in [7, 11) is 4.25. The minimum absolute atomic E-state index is 0.216. The third-order valence-electron chi connectivity index (χ3n) is 3.96. The summed E-state index contributed by atoms with van der Waals surface area (Å²) in [6.07, 6.45) is 2.64.